The number of thiophene rings is 1. The quantitative estimate of drug-likeness (QED) is 0.870. The smallest absolute Gasteiger partial charge is 0.261 e. The molecule has 3 aliphatic heterocycles. The van der Waals surface area contributed by atoms with Crippen LogP contribution in [0.2, 0.25) is 0 Å². The zero-order chi connectivity index (χ0) is 17.2. The van der Waals surface area contributed by atoms with Gasteiger partial charge in [0.15, 0.2) is 0 Å². The number of aromatic nitrogens is 1. The Bertz CT molecular complexity index is 756. The summed E-state index contributed by atoms with van der Waals surface area (Å²) in [6.45, 7) is 3.37. The molecular formula is C18H21N3O2S2. The Kier molecular flexibility index (Phi) is 4.96. The first-order valence-electron chi connectivity index (χ1n) is 8.52. The van der Waals surface area contributed by atoms with Crippen LogP contribution in [0.3, 0.4) is 0 Å². The summed E-state index contributed by atoms with van der Waals surface area (Å²) in [5.41, 5.74) is 0. The molecule has 0 spiro atoms. The van der Waals surface area contributed by atoms with Gasteiger partial charge in [-0.1, -0.05) is 11.8 Å². The number of rotatable bonds is 5. The number of methoxy groups -OCH3 is 1. The number of hydrogen-bond acceptors (Lipinski definition) is 6. The molecule has 1 N–H and O–H groups in total. The summed E-state index contributed by atoms with van der Waals surface area (Å²) in [5.74, 6) is 1.30. The monoisotopic (exact) mass is 375 g/mol. The Morgan fingerprint density at radius 2 is 2.20 bits per heavy atom. The molecule has 2 aromatic rings. The minimum atomic E-state index is 0.0582. The Morgan fingerprint density at radius 3 is 2.92 bits per heavy atom. The van der Waals surface area contributed by atoms with E-state index < -0.39 is 0 Å². The lowest BCUT2D eigenvalue weighted by molar-refractivity contribution is 0.0622. The van der Waals surface area contributed by atoms with Crippen LogP contribution in [-0.2, 0) is 0 Å². The summed E-state index contributed by atoms with van der Waals surface area (Å²) in [5, 5.41) is 3.25. The van der Waals surface area contributed by atoms with E-state index in [4.69, 9.17) is 4.74 Å². The lowest BCUT2D eigenvalue weighted by Gasteiger charge is -2.44. The Hall–Kier alpha value is -1.57. The fourth-order valence-corrected chi connectivity index (χ4v) is 5.57. The summed E-state index contributed by atoms with van der Waals surface area (Å²) in [6.07, 6.45) is 4.15. The van der Waals surface area contributed by atoms with Crippen molar-refractivity contribution >= 4 is 29.0 Å². The lowest BCUT2D eigenvalue weighted by atomic mass is 9.84. The summed E-state index contributed by atoms with van der Waals surface area (Å²) in [7, 11) is 1.61. The van der Waals surface area contributed by atoms with Crippen molar-refractivity contribution in [2.75, 3.05) is 26.7 Å². The minimum absolute atomic E-state index is 0.0582. The topological polar surface area (TPSA) is 54.5 Å². The van der Waals surface area contributed by atoms with Crippen molar-refractivity contribution in [3.8, 4) is 5.88 Å². The Morgan fingerprint density at radius 1 is 1.36 bits per heavy atom. The molecule has 2 aromatic heterocycles. The summed E-state index contributed by atoms with van der Waals surface area (Å²) in [4.78, 5) is 21.0. The molecule has 5 nitrogen and oxygen atoms in total. The molecule has 3 fully saturated rings. The van der Waals surface area contributed by atoms with Crippen molar-refractivity contribution in [3.05, 3.63) is 35.3 Å². The van der Waals surface area contributed by atoms with Crippen molar-refractivity contribution in [1.29, 1.82) is 0 Å². The van der Waals surface area contributed by atoms with Crippen molar-refractivity contribution in [2.24, 2.45) is 5.92 Å². The van der Waals surface area contributed by atoms with Gasteiger partial charge in [-0.2, -0.15) is 0 Å². The van der Waals surface area contributed by atoms with Crippen molar-refractivity contribution < 1.29 is 9.53 Å². The number of nitrogens with zero attached hydrogens (tertiary/aromatic N) is 2. The highest BCUT2D eigenvalue weighted by Crippen LogP contribution is 2.34. The molecule has 1 atom stereocenters. The molecule has 0 radical (unpaired) electrons. The average Bonchev–Trinajstić information content (AvgIpc) is 3.11. The number of ether oxygens (including phenoxy) is 1. The predicted molar refractivity (Wildman–Crippen MR) is 99.6 cm³/mol. The highest BCUT2D eigenvalue weighted by molar-refractivity contribution is 8.01. The first-order chi connectivity index (χ1) is 12.2. The summed E-state index contributed by atoms with van der Waals surface area (Å²) >= 11 is 3.16. The number of pyridine rings is 1. The van der Waals surface area contributed by atoms with Crippen molar-refractivity contribution in [3.63, 3.8) is 0 Å². The highest BCUT2D eigenvalue weighted by atomic mass is 32.2. The van der Waals surface area contributed by atoms with Crippen LogP contribution in [0.1, 0.15) is 22.5 Å². The average molecular weight is 376 g/mol. The number of piperidine rings is 3. The number of nitrogens with one attached hydrogen (secondary N) is 1. The fraction of sp³-hybridized carbons (Fsp3) is 0.444. The molecule has 3 saturated heterocycles. The Balaban J connectivity index is 1.39. The van der Waals surface area contributed by atoms with Crippen LogP contribution < -0.4 is 10.1 Å². The van der Waals surface area contributed by atoms with Crippen LogP contribution in [0.5, 0.6) is 5.88 Å². The van der Waals surface area contributed by atoms with Gasteiger partial charge in [-0.05, 0) is 50.0 Å². The maximum Gasteiger partial charge on any atom is 0.261 e. The third-order valence-corrected chi connectivity index (χ3v) is 7.12. The van der Waals surface area contributed by atoms with E-state index in [1.807, 2.05) is 24.3 Å². The molecule has 5 heterocycles. The van der Waals surface area contributed by atoms with Crippen molar-refractivity contribution in [2.45, 2.75) is 28.0 Å². The molecule has 0 saturated carbocycles. The second-order valence-electron chi connectivity index (χ2n) is 6.47. The number of amides is 1. The van der Waals surface area contributed by atoms with E-state index in [1.54, 1.807) is 25.1 Å². The molecule has 7 heteroatoms. The molecular weight excluding hydrogens is 354 g/mol. The zero-order valence-corrected chi connectivity index (χ0v) is 15.7. The van der Waals surface area contributed by atoms with E-state index in [0.29, 0.717) is 17.8 Å². The van der Waals surface area contributed by atoms with Crippen LogP contribution in [-0.4, -0.2) is 48.6 Å². The van der Waals surface area contributed by atoms with Gasteiger partial charge >= 0.3 is 0 Å². The molecule has 5 rings (SSSR count). The molecule has 2 bridgehead atoms. The molecule has 25 heavy (non-hydrogen) atoms. The van der Waals surface area contributed by atoms with Gasteiger partial charge < -0.3 is 15.0 Å². The van der Waals surface area contributed by atoms with Crippen molar-refractivity contribution in [1.82, 2.24) is 15.2 Å². The third kappa shape index (κ3) is 3.83. The molecule has 1 amide bonds. The van der Waals surface area contributed by atoms with Gasteiger partial charge in [0.2, 0.25) is 5.88 Å². The maximum absolute atomic E-state index is 12.6. The maximum atomic E-state index is 12.6. The fourth-order valence-electron chi connectivity index (χ4n) is 3.55. The van der Waals surface area contributed by atoms with E-state index in [9.17, 15) is 4.79 Å². The van der Waals surface area contributed by atoms with Gasteiger partial charge in [-0.15, -0.1) is 11.3 Å². The molecule has 0 unspecified atom stereocenters. The number of carbonyl (C=O) groups excluding carboxylic acids is 1. The number of fused-ring (bicyclic) bond motifs is 3. The first kappa shape index (κ1) is 16.9. The zero-order valence-electron chi connectivity index (χ0n) is 14.1. The van der Waals surface area contributed by atoms with Gasteiger partial charge in [-0.25, -0.2) is 4.98 Å². The van der Waals surface area contributed by atoms with Crippen LogP contribution in [0.4, 0.5) is 0 Å². The number of carbonyl (C=O) groups is 1. The number of hydrogen-bond donors (Lipinski definition) is 1. The second-order valence-corrected chi connectivity index (χ2v) is 8.93. The third-order valence-electron chi connectivity index (χ3n) is 4.91. The van der Waals surface area contributed by atoms with E-state index in [2.05, 4.69) is 15.2 Å². The molecule has 132 valence electrons. The van der Waals surface area contributed by atoms with Crippen LogP contribution in [0, 0.1) is 5.92 Å². The van der Waals surface area contributed by atoms with Crippen LogP contribution >= 0.6 is 23.1 Å². The Labute approximate surface area is 155 Å². The highest BCUT2D eigenvalue weighted by Gasteiger charge is 2.35. The van der Waals surface area contributed by atoms with E-state index in [0.717, 1.165) is 20.5 Å². The minimum Gasteiger partial charge on any atom is -0.481 e. The standard InChI is InChI=1S/C18H21N3O2S2/c1-23-16-10-13(4-7-19-16)24-17-3-2-15(25-17)18(22)20-14-11-21-8-5-12(14)6-9-21/h2-4,7,10,12,14H,5-6,8-9,11H2,1H3,(H,20,22)/t14-/m0/s1. The summed E-state index contributed by atoms with van der Waals surface area (Å²) in [6, 6.07) is 8.07. The lowest BCUT2D eigenvalue weighted by Crippen LogP contribution is -2.57. The van der Waals surface area contributed by atoms with Gasteiger partial charge in [0.25, 0.3) is 5.91 Å². The molecule has 0 aromatic carbocycles. The van der Waals surface area contributed by atoms with Gasteiger partial charge in [0, 0.05) is 29.7 Å². The van der Waals surface area contributed by atoms with E-state index in [-0.39, 0.29) is 5.91 Å². The van der Waals surface area contributed by atoms with E-state index in [1.165, 1.54) is 37.3 Å². The van der Waals surface area contributed by atoms with E-state index >= 15 is 0 Å². The van der Waals surface area contributed by atoms with Crippen LogP contribution in [0.25, 0.3) is 0 Å². The van der Waals surface area contributed by atoms with Gasteiger partial charge in [0.05, 0.1) is 16.2 Å². The SMILES string of the molecule is COc1cc(Sc2ccc(C(=O)N[C@H]3CN4CCC3CC4)s2)ccn1. The largest absolute Gasteiger partial charge is 0.481 e. The van der Waals surface area contributed by atoms with Gasteiger partial charge in [-0.3, -0.25) is 4.79 Å². The van der Waals surface area contributed by atoms with Crippen LogP contribution in [0.15, 0.2) is 39.6 Å². The normalized spacial score (nSPS) is 24.9. The first-order valence-corrected chi connectivity index (χ1v) is 10.2. The molecule has 0 aliphatic carbocycles. The molecule has 3 aliphatic rings. The van der Waals surface area contributed by atoms with Gasteiger partial charge in [0.1, 0.15) is 0 Å². The second kappa shape index (κ2) is 7.35. The summed E-state index contributed by atoms with van der Waals surface area (Å²) < 4.78 is 6.25. The predicted octanol–water partition coefficient (Wildman–Crippen LogP) is 3.13.